The van der Waals surface area contributed by atoms with Crippen LogP contribution in [0.25, 0.3) is 0 Å². The molecule has 2 aliphatic heterocycles. The maximum Gasteiger partial charge on any atom is 0.0593 e. The van der Waals surface area contributed by atoms with E-state index in [4.69, 9.17) is 9.47 Å². The lowest BCUT2D eigenvalue weighted by Gasteiger charge is -2.36. The maximum absolute atomic E-state index is 5.64. The molecule has 100 valence electrons. The Morgan fingerprint density at radius 2 is 2.18 bits per heavy atom. The van der Waals surface area contributed by atoms with Crippen LogP contribution in [0.4, 0.5) is 0 Å². The number of likely N-dealkylation sites (tertiary alicyclic amines) is 1. The van der Waals surface area contributed by atoms with E-state index in [1.807, 2.05) is 0 Å². The van der Waals surface area contributed by atoms with Crippen molar-refractivity contribution in [2.45, 2.75) is 25.3 Å². The van der Waals surface area contributed by atoms with Crippen LogP contribution in [-0.4, -0.2) is 64.1 Å². The lowest BCUT2D eigenvalue weighted by atomic mass is 9.92. The van der Waals surface area contributed by atoms with Crippen LogP contribution >= 0.6 is 0 Å². The van der Waals surface area contributed by atoms with Crippen LogP contribution in [-0.2, 0) is 9.47 Å². The van der Waals surface area contributed by atoms with Crippen molar-refractivity contribution in [1.82, 2.24) is 10.2 Å². The Balaban J connectivity index is 1.58. The first-order valence-electron chi connectivity index (χ1n) is 6.93. The van der Waals surface area contributed by atoms with Crippen molar-refractivity contribution < 1.29 is 9.47 Å². The van der Waals surface area contributed by atoms with E-state index >= 15 is 0 Å². The average molecular weight is 242 g/mol. The molecular formula is C13H26N2O2. The van der Waals surface area contributed by atoms with Gasteiger partial charge in [-0.3, -0.25) is 4.90 Å². The molecule has 0 aromatic rings. The molecule has 0 radical (unpaired) electrons. The van der Waals surface area contributed by atoms with Gasteiger partial charge in [0, 0.05) is 39.5 Å². The summed E-state index contributed by atoms with van der Waals surface area (Å²) >= 11 is 0. The molecule has 2 fully saturated rings. The summed E-state index contributed by atoms with van der Waals surface area (Å²) in [6, 6.07) is 0.770. The summed E-state index contributed by atoms with van der Waals surface area (Å²) in [6.07, 6.45) is 3.76. The van der Waals surface area contributed by atoms with Crippen molar-refractivity contribution in [2.24, 2.45) is 5.92 Å². The standard InChI is InChI=1S/C13H26N2O2/c1-16-7-3-8-17-9-6-15-5-2-4-12-10-14-11-13(12)15/h12-14H,2-11H2,1H3. The van der Waals surface area contributed by atoms with Crippen molar-refractivity contribution in [3.63, 3.8) is 0 Å². The SMILES string of the molecule is COCCCOCCN1CCCC2CNCC21. The van der Waals surface area contributed by atoms with Crippen LogP contribution in [0.15, 0.2) is 0 Å². The van der Waals surface area contributed by atoms with Gasteiger partial charge in [0.25, 0.3) is 0 Å². The highest BCUT2D eigenvalue weighted by Gasteiger charge is 2.34. The van der Waals surface area contributed by atoms with E-state index in [2.05, 4.69) is 10.2 Å². The van der Waals surface area contributed by atoms with Gasteiger partial charge < -0.3 is 14.8 Å². The van der Waals surface area contributed by atoms with Crippen molar-refractivity contribution >= 4 is 0 Å². The molecule has 2 saturated heterocycles. The third-order valence-electron chi connectivity index (χ3n) is 3.95. The molecule has 0 spiro atoms. The molecule has 2 aliphatic rings. The molecule has 2 rings (SSSR count). The Morgan fingerprint density at radius 1 is 1.24 bits per heavy atom. The quantitative estimate of drug-likeness (QED) is 0.667. The predicted molar refractivity (Wildman–Crippen MR) is 68.3 cm³/mol. The van der Waals surface area contributed by atoms with Crippen molar-refractivity contribution in [3.8, 4) is 0 Å². The van der Waals surface area contributed by atoms with E-state index < -0.39 is 0 Å². The Kier molecular flexibility index (Phi) is 5.71. The number of nitrogens with zero attached hydrogens (tertiary/aromatic N) is 1. The van der Waals surface area contributed by atoms with Crippen LogP contribution < -0.4 is 5.32 Å². The number of rotatable bonds is 7. The third kappa shape index (κ3) is 3.91. The molecular weight excluding hydrogens is 216 g/mol. The second-order valence-electron chi connectivity index (χ2n) is 5.12. The number of methoxy groups -OCH3 is 1. The molecule has 0 aromatic carbocycles. The molecule has 4 nitrogen and oxygen atoms in total. The van der Waals surface area contributed by atoms with Crippen molar-refractivity contribution in [2.75, 3.05) is 53.1 Å². The molecule has 0 amide bonds. The Hall–Kier alpha value is -0.160. The molecule has 0 aromatic heterocycles. The highest BCUT2D eigenvalue weighted by atomic mass is 16.5. The van der Waals surface area contributed by atoms with Gasteiger partial charge in [-0.2, -0.15) is 0 Å². The van der Waals surface area contributed by atoms with E-state index in [9.17, 15) is 0 Å². The third-order valence-corrected chi connectivity index (χ3v) is 3.95. The minimum atomic E-state index is 0.770. The average Bonchev–Trinajstić information content (AvgIpc) is 2.82. The molecule has 1 N–H and O–H groups in total. The van der Waals surface area contributed by atoms with E-state index in [-0.39, 0.29) is 0 Å². The van der Waals surface area contributed by atoms with Gasteiger partial charge in [0.2, 0.25) is 0 Å². The predicted octanol–water partition coefficient (Wildman–Crippen LogP) is 0.723. The number of nitrogens with one attached hydrogen (secondary N) is 1. The number of fused-ring (bicyclic) bond motifs is 1. The van der Waals surface area contributed by atoms with Crippen LogP contribution in [0.2, 0.25) is 0 Å². The molecule has 4 heteroatoms. The van der Waals surface area contributed by atoms with Crippen molar-refractivity contribution in [3.05, 3.63) is 0 Å². The van der Waals surface area contributed by atoms with E-state index in [0.29, 0.717) is 0 Å². The first-order chi connectivity index (χ1) is 8.42. The Labute approximate surface area is 105 Å². The highest BCUT2D eigenvalue weighted by Crippen LogP contribution is 2.25. The minimum Gasteiger partial charge on any atom is -0.385 e. The number of hydrogen-bond acceptors (Lipinski definition) is 4. The normalized spacial score (nSPS) is 29.5. The molecule has 2 atom stereocenters. The van der Waals surface area contributed by atoms with E-state index in [1.165, 1.54) is 32.5 Å². The van der Waals surface area contributed by atoms with Crippen LogP contribution in [0.5, 0.6) is 0 Å². The highest BCUT2D eigenvalue weighted by molar-refractivity contribution is 4.91. The fraction of sp³-hybridized carbons (Fsp3) is 1.00. The Bertz CT molecular complexity index is 214. The molecule has 0 aliphatic carbocycles. The smallest absolute Gasteiger partial charge is 0.0593 e. The topological polar surface area (TPSA) is 33.7 Å². The van der Waals surface area contributed by atoms with Crippen LogP contribution in [0, 0.1) is 5.92 Å². The summed E-state index contributed by atoms with van der Waals surface area (Å²) in [7, 11) is 1.74. The van der Waals surface area contributed by atoms with Gasteiger partial charge in [0.1, 0.15) is 0 Å². The summed E-state index contributed by atoms with van der Waals surface area (Å²) in [4.78, 5) is 2.62. The summed E-state index contributed by atoms with van der Waals surface area (Å²) in [5.74, 6) is 0.886. The lowest BCUT2D eigenvalue weighted by molar-refractivity contribution is 0.0546. The second-order valence-corrected chi connectivity index (χ2v) is 5.12. The van der Waals surface area contributed by atoms with Gasteiger partial charge in [0.05, 0.1) is 6.61 Å². The summed E-state index contributed by atoms with van der Waals surface area (Å²) in [5.41, 5.74) is 0. The summed E-state index contributed by atoms with van der Waals surface area (Å²) in [5, 5.41) is 3.51. The lowest BCUT2D eigenvalue weighted by Crippen LogP contribution is -2.46. The zero-order valence-corrected chi connectivity index (χ0v) is 11.0. The molecule has 2 heterocycles. The molecule has 0 saturated carbocycles. The van der Waals surface area contributed by atoms with Gasteiger partial charge in [-0.05, 0) is 38.3 Å². The number of piperidine rings is 1. The number of ether oxygens (including phenoxy) is 2. The van der Waals surface area contributed by atoms with Crippen LogP contribution in [0.3, 0.4) is 0 Å². The maximum atomic E-state index is 5.64. The van der Waals surface area contributed by atoms with Gasteiger partial charge in [0.15, 0.2) is 0 Å². The molecule has 2 unspecified atom stereocenters. The van der Waals surface area contributed by atoms with Gasteiger partial charge >= 0.3 is 0 Å². The summed E-state index contributed by atoms with van der Waals surface area (Å²) < 4.78 is 10.6. The largest absolute Gasteiger partial charge is 0.385 e. The fourth-order valence-electron chi connectivity index (χ4n) is 3.03. The minimum absolute atomic E-state index is 0.770. The van der Waals surface area contributed by atoms with Gasteiger partial charge in [-0.1, -0.05) is 0 Å². The second kappa shape index (κ2) is 7.31. The molecule has 17 heavy (non-hydrogen) atoms. The van der Waals surface area contributed by atoms with Crippen molar-refractivity contribution in [1.29, 1.82) is 0 Å². The zero-order chi connectivity index (χ0) is 11.9. The Morgan fingerprint density at radius 3 is 3.06 bits per heavy atom. The number of hydrogen-bond donors (Lipinski definition) is 1. The molecule has 0 bridgehead atoms. The summed E-state index contributed by atoms with van der Waals surface area (Å²) in [6.45, 7) is 7.24. The van der Waals surface area contributed by atoms with Crippen LogP contribution in [0.1, 0.15) is 19.3 Å². The zero-order valence-electron chi connectivity index (χ0n) is 11.0. The van der Waals surface area contributed by atoms with Gasteiger partial charge in [-0.15, -0.1) is 0 Å². The first-order valence-corrected chi connectivity index (χ1v) is 6.93. The van der Waals surface area contributed by atoms with E-state index in [0.717, 1.165) is 44.7 Å². The van der Waals surface area contributed by atoms with Gasteiger partial charge in [-0.25, -0.2) is 0 Å². The first kappa shape index (κ1) is 13.3. The fourth-order valence-corrected chi connectivity index (χ4v) is 3.03. The monoisotopic (exact) mass is 242 g/mol. The van der Waals surface area contributed by atoms with E-state index in [1.54, 1.807) is 7.11 Å².